The molecule has 0 aromatic carbocycles. The third-order valence-electron chi connectivity index (χ3n) is 1.93. The lowest BCUT2D eigenvalue weighted by Crippen LogP contribution is -1.76. The van der Waals surface area contributed by atoms with Crippen molar-refractivity contribution in [2.75, 3.05) is 0 Å². The molecule has 0 heteroatoms. The summed E-state index contributed by atoms with van der Waals surface area (Å²) in [6, 6.07) is 0. The molecule has 0 nitrogen and oxygen atoms in total. The second kappa shape index (κ2) is 10.5. The minimum atomic E-state index is 1.18. The van der Waals surface area contributed by atoms with E-state index in [2.05, 4.69) is 25.7 Å². The lowest BCUT2D eigenvalue weighted by atomic mass is 10.1. The second-order valence-corrected chi connectivity index (χ2v) is 3.16. The number of allylic oxidation sites excluding steroid dienone is 3. The highest BCUT2D eigenvalue weighted by Crippen LogP contribution is 2.05. The number of rotatable bonds is 8. The van der Waals surface area contributed by atoms with Gasteiger partial charge in [0, 0.05) is 0 Å². The fraction of sp³-hybridized carbons (Fsp3) is 0.667. The van der Waals surface area contributed by atoms with Crippen molar-refractivity contribution in [3.63, 3.8) is 0 Å². The molecular formula is C12H22. The van der Waals surface area contributed by atoms with Gasteiger partial charge in [-0.2, -0.15) is 0 Å². The predicted octanol–water partition coefficient (Wildman–Crippen LogP) is 4.48. The molecule has 0 aromatic heterocycles. The molecule has 0 amide bonds. The highest BCUT2D eigenvalue weighted by molar-refractivity contribution is 4.79. The SMILES string of the molecule is C=CCCCCCC/C=C\CC. The normalized spacial score (nSPS) is 10.8. The molecule has 0 aromatic rings. The lowest BCUT2D eigenvalue weighted by molar-refractivity contribution is 0.652. The average Bonchev–Trinajstić information content (AvgIpc) is 2.10. The first-order valence-electron chi connectivity index (χ1n) is 5.17. The molecular weight excluding hydrogens is 144 g/mol. The van der Waals surface area contributed by atoms with Gasteiger partial charge in [-0.05, 0) is 32.1 Å². The summed E-state index contributed by atoms with van der Waals surface area (Å²) in [4.78, 5) is 0. The molecule has 0 atom stereocenters. The zero-order valence-corrected chi connectivity index (χ0v) is 8.39. The average molecular weight is 166 g/mol. The van der Waals surface area contributed by atoms with Gasteiger partial charge in [-0.3, -0.25) is 0 Å². The predicted molar refractivity (Wildman–Crippen MR) is 57.3 cm³/mol. The van der Waals surface area contributed by atoms with Gasteiger partial charge >= 0.3 is 0 Å². The van der Waals surface area contributed by atoms with Gasteiger partial charge in [0.1, 0.15) is 0 Å². The molecule has 0 bridgehead atoms. The Bertz CT molecular complexity index is 111. The Morgan fingerprint density at radius 1 is 0.917 bits per heavy atom. The third kappa shape index (κ3) is 9.48. The zero-order chi connectivity index (χ0) is 9.07. The fourth-order valence-corrected chi connectivity index (χ4v) is 1.19. The van der Waals surface area contributed by atoms with E-state index in [1.165, 1.54) is 44.9 Å². The molecule has 0 unspecified atom stereocenters. The molecule has 0 spiro atoms. The van der Waals surface area contributed by atoms with Crippen LogP contribution in [0, 0.1) is 0 Å². The summed E-state index contributed by atoms with van der Waals surface area (Å²) in [5.74, 6) is 0. The molecule has 0 aliphatic heterocycles. The van der Waals surface area contributed by atoms with E-state index in [-0.39, 0.29) is 0 Å². The van der Waals surface area contributed by atoms with Gasteiger partial charge in [-0.25, -0.2) is 0 Å². The van der Waals surface area contributed by atoms with Crippen molar-refractivity contribution in [2.45, 2.75) is 51.9 Å². The molecule has 0 heterocycles. The Hall–Kier alpha value is -0.520. The maximum absolute atomic E-state index is 3.71. The van der Waals surface area contributed by atoms with E-state index in [0.717, 1.165) is 0 Å². The van der Waals surface area contributed by atoms with Crippen LogP contribution in [0.2, 0.25) is 0 Å². The van der Waals surface area contributed by atoms with Crippen molar-refractivity contribution in [2.24, 2.45) is 0 Å². The quantitative estimate of drug-likeness (QED) is 0.368. The molecule has 0 aliphatic carbocycles. The van der Waals surface area contributed by atoms with E-state index < -0.39 is 0 Å². The molecule has 0 rings (SSSR count). The molecule has 0 radical (unpaired) electrons. The summed E-state index contributed by atoms with van der Waals surface area (Å²) in [7, 11) is 0. The molecule has 70 valence electrons. The minimum Gasteiger partial charge on any atom is -0.103 e. The fourth-order valence-electron chi connectivity index (χ4n) is 1.19. The summed E-state index contributed by atoms with van der Waals surface area (Å²) in [6.07, 6.45) is 15.6. The van der Waals surface area contributed by atoms with Crippen LogP contribution in [0.1, 0.15) is 51.9 Å². The van der Waals surface area contributed by atoms with Crippen molar-refractivity contribution in [3.05, 3.63) is 24.8 Å². The van der Waals surface area contributed by atoms with E-state index in [1.54, 1.807) is 0 Å². The summed E-state index contributed by atoms with van der Waals surface area (Å²) < 4.78 is 0. The Kier molecular flexibility index (Phi) is 10.0. The van der Waals surface area contributed by atoms with E-state index in [4.69, 9.17) is 0 Å². The topological polar surface area (TPSA) is 0 Å². The molecule has 0 aliphatic rings. The van der Waals surface area contributed by atoms with Crippen molar-refractivity contribution >= 4 is 0 Å². The molecule has 12 heavy (non-hydrogen) atoms. The van der Waals surface area contributed by atoms with Crippen LogP contribution in [0.5, 0.6) is 0 Å². The summed E-state index contributed by atoms with van der Waals surface area (Å²) >= 11 is 0. The van der Waals surface area contributed by atoms with Gasteiger partial charge in [0.25, 0.3) is 0 Å². The largest absolute Gasteiger partial charge is 0.103 e. The monoisotopic (exact) mass is 166 g/mol. The van der Waals surface area contributed by atoms with Gasteiger partial charge in [-0.1, -0.05) is 38.0 Å². The van der Waals surface area contributed by atoms with Gasteiger partial charge < -0.3 is 0 Å². The highest BCUT2D eigenvalue weighted by Gasteiger charge is 1.86. The first-order valence-corrected chi connectivity index (χ1v) is 5.17. The number of hydrogen-bond donors (Lipinski definition) is 0. The highest BCUT2D eigenvalue weighted by atomic mass is 13.9. The maximum atomic E-state index is 3.71. The number of unbranched alkanes of at least 4 members (excludes halogenated alkanes) is 5. The van der Waals surface area contributed by atoms with Crippen LogP contribution in [0.3, 0.4) is 0 Å². The van der Waals surface area contributed by atoms with Crippen molar-refractivity contribution in [1.29, 1.82) is 0 Å². The third-order valence-corrected chi connectivity index (χ3v) is 1.93. The Balaban J connectivity index is 2.90. The van der Waals surface area contributed by atoms with Gasteiger partial charge in [0.2, 0.25) is 0 Å². The van der Waals surface area contributed by atoms with Crippen molar-refractivity contribution < 1.29 is 0 Å². The Morgan fingerprint density at radius 2 is 1.58 bits per heavy atom. The van der Waals surface area contributed by atoms with Gasteiger partial charge in [0.15, 0.2) is 0 Å². The van der Waals surface area contributed by atoms with Crippen molar-refractivity contribution in [3.8, 4) is 0 Å². The molecule has 0 saturated carbocycles. The van der Waals surface area contributed by atoms with E-state index in [1.807, 2.05) is 6.08 Å². The summed E-state index contributed by atoms with van der Waals surface area (Å²) in [5.41, 5.74) is 0. The Labute approximate surface area is 77.4 Å². The van der Waals surface area contributed by atoms with Crippen molar-refractivity contribution in [1.82, 2.24) is 0 Å². The van der Waals surface area contributed by atoms with E-state index in [9.17, 15) is 0 Å². The van der Waals surface area contributed by atoms with Gasteiger partial charge in [0.05, 0.1) is 0 Å². The number of hydrogen-bond acceptors (Lipinski definition) is 0. The standard InChI is InChI=1S/C12H22/c1-3-5-7-9-11-12-10-8-6-4-2/h3,6,8H,1,4-5,7,9-12H2,2H3/b8-6-. The van der Waals surface area contributed by atoms with Crippen LogP contribution >= 0.6 is 0 Å². The smallest absolute Gasteiger partial charge is 0.0351 e. The summed E-state index contributed by atoms with van der Waals surface area (Å²) in [6.45, 7) is 5.89. The minimum absolute atomic E-state index is 1.18. The first-order chi connectivity index (χ1) is 5.91. The van der Waals surface area contributed by atoms with Crippen LogP contribution in [-0.4, -0.2) is 0 Å². The van der Waals surface area contributed by atoms with Crippen LogP contribution in [0.15, 0.2) is 24.8 Å². The van der Waals surface area contributed by atoms with E-state index >= 15 is 0 Å². The van der Waals surface area contributed by atoms with Crippen LogP contribution in [0.25, 0.3) is 0 Å². The molecule has 0 fully saturated rings. The summed E-state index contributed by atoms with van der Waals surface area (Å²) in [5, 5.41) is 0. The van der Waals surface area contributed by atoms with Gasteiger partial charge in [-0.15, -0.1) is 6.58 Å². The maximum Gasteiger partial charge on any atom is -0.0351 e. The Morgan fingerprint density at radius 3 is 2.17 bits per heavy atom. The van der Waals surface area contributed by atoms with Crippen LogP contribution in [0.4, 0.5) is 0 Å². The molecule has 0 saturated heterocycles. The first kappa shape index (κ1) is 11.5. The van der Waals surface area contributed by atoms with Crippen LogP contribution in [-0.2, 0) is 0 Å². The lowest BCUT2D eigenvalue weighted by Gasteiger charge is -1.95. The van der Waals surface area contributed by atoms with E-state index in [0.29, 0.717) is 0 Å². The molecule has 0 N–H and O–H groups in total. The zero-order valence-electron chi connectivity index (χ0n) is 8.39. The van der Waals surface area contributed by atoms with Crippen LogP contribution < -0.4 is 0 Å². The second-order valence-electron chi connectivity index (χ2n) is 3.16.